The summed E-state index contributed by atoms with van der Waals surface area (Å²) in [6.45, 7) is 5.24. The lowest BCUT2D eigenvalue weighted by Crippen LogP contribution is -2.23. The maximum absolute atomic E-state index is 3.69. The van der Waals surface area contributed by atoms with Gasteiger partial charge >= 0.3 is 0 Å². The Bertz CT molecular complexity index is 551. The number of halogens is 2. The second-order valence-electron chi connectivity index (χ2n) is 4.55. The zero-order chi connectivity index (χ0) is 13.8. The summed E-state index contributed by atoms with van der Waals surface area (Å²) in [5, 5.41) is 3.58. The van der Waals surface area contributed by atoms with Gasteiger partial charge in [0.05, 0.1) is 3.79 Å². The molecule has 1 N–H and O–H groups in total. The summed E-state index contributed by atoms with van der Waals surface area (Å²) in [5.41, 5.74) is 2.61. The largest absolute Gasteiger partial charge is 0.310 e. The average Bonchev–Trinajstić information content (AvgIpc) is 2.74. The molecular formula is C15H17Br2NS. The van der Waals surface area contributed by atoms with E-state index in [9.17, 15) is 0 Å². The third-order valence-electron chi connectivity index (χ3n) is 3.02. The van der Waals surface area contributed by atoms with Crippen molar-refractivity contribution in [1.82, 2.24) is 5.32 Å². The Morgan fingerprint density at radius 1 is 1.21 bits per heavy atom. The molecule has 1 aromatic carbocycles. The third kappa shape index (κ3) is 4.15. The first-order valence-corrected chi connectivity index (χ1v) is 8.74. The van der Waals surface area contributed by atoms with E-state index in [0.29, 0.717) is 6.04 Å². The van der Waals surface area contributed by atoms with E-state index >= 15 is 0 Å². The lowest BCUT2D eigenvalue weighted by molar-refractivity contribution is 0.551. The predicted octanol–water partition coefficient (Wildman–Crippen LogP) is 5.47. The number of hydrogen-bond acceptors (Lipinski definition) is 2. The van der Waals surface area contributed by atoms with Gasteiger partial charge in [-0.1, -0.05) is 35.0 Å². The number of hydrogen-bond donors (Lipinski definition) is 1. The molecule has 1 unspecified atom stereocenters. The highest BCUT2D eigenvalue weighted by Crippen LogP contribution is 2.30. The molecule has 0 aliphatic carbocycles. The molecule has 0 bridgehead atoms. The average molecular weight is 403 g/mol. The number of benzene rings is 1. The molecule has 0 amide bonds. The predicted molar refractivity (Wildman–Crippen MR) is 91.0 cm³/mol. The first-order valence-electron chi connectivity index (χ1n) is 6.33. The van der Waals surface area contributed by atoms with Gasteiger partial charge in [0.2, 0.25) is 0 Å². The molecule has 0 fully saturated rings. The molecule has 102 valence electrons. The third-order valence-corrected chi connectivity index (χ3v) is 5.35. The van der Waals surface area contributed by atoms with Gasteiger partial charge < -0.3 is 5.32 Å². The fourth-order valence-corrected chi connectivity index (χ4v) is 4.41. The van der Waals surface area contributed by atoms with Crippen LogP contribution in [0.15, 0.2) is 38.6 Å². The summed E-state index contributed by atoms with van der Waals surface area (Å²) in [5.74, 6) is 0. The van der Waals surface area contributed by atoms with Gasteiger partial charge in [-0.05, 0) is 58.7 Å². The van der Waals surface area contributed by atoms with Crippen LogP contribution in [0.25, 0.3) is 0 Å². The molecule has 1 nitrogen and oxygen atoms in total. The maximum atomic E-state index is 3.69. The number of nitrogens with one attached hydrogen (secondary N) is 1. The van der Waals surface area contributed by atoms with Crippen LogP contribution in [0, 0.1) is 6.92 Å². The van der Waals surface area contributed by atoms with Gasteiger partial charge in [0.25, 0.3) is 0 Å². The van der Waals surface area contributed by atoms with Crippen LogP contribution in [0.3, 0.4) is 0 Å². The van der Waals surface area contributed by atoms with E-state index in [1.807, 2.05) is 0 Å². The normalized spacial score (nSPS) is 12.6. The van der Waals surface area contributed by atoms with Crippen LogP contribution in [0.5, 0.6) is 0 Å². The van der Waals surface area contributed by atoms with Crippen LogP contribution in [0.1, 0.15) is 29.0 Å². The van der Waals surface area contributed by atoms with Crippen molar-refractivity contribution in [3.05, 3.63) is 54.6 Å². The number of likely N-dealkylation sites (N-methyl/N-ethyl adjacent to an activating group) is 1. The molecule has 0 radical (unpaired) electrons. The van der Waals surface area contributed by atoms with Crippen LogP contribution in [0.4, 0.5) is 0 Å². The molecule has 0 spiro atoms. The molecule has 1 aromatic heterocycles. The molecule has 0 saturated carbocycles. The van der Waals surface area contributed by atoms with E-state index in [2.05, 4.69) is 81.4 Å². The molecule has 2 rings (SSSR count). The molecule has 4 heteroatoms. The molecule has 2 aromatic rings. The van der Waals surface area contributed by atoms with Gasteiger partial charge in [-0.25, -0.2) is 0 Å². The van der Waals surface area contributed by atoms with E-state index < -0.39 is 0 Å². The minimum atomic E-state index is 0.352. The molecule has 0 saturated heterocycles. The van der Waals surface area contributed by atoms with Crippen LogP contribution >= 0.6 is 43.2 Å². The number of rotatable bonds is 5. The van der Waals surface area contributed by atoms with E-state index in [-0.39, 0.29) is 0 Å². The second-order valence-corrected chi connectivity index (χ2v) is 7.95. The summed E-state index contributed by atoms with van der Waals surface area (Å²) < 4.78 is 2.38. The Balaban J connectivity index is 2.23. The summed E-state index contributed by atoms with van der Waals surface area (Å²) in [6, 6.07) is 11.2. The van der Waals surface area contributed by atoms with E-state index in [1.54, 1.807) is 11.3 Å². The Hall–Kier alpha value is -0.160. The zero-order valence-corrected chi connectivity index (χ0v) is 15.0. The first kappa shape index (κ1) is 15.2. The van der Waals surface area contributed by atoms with E-state index in [4.69, 9.17) is 0 Å². The Kier molecular flexibility index (Phi) is 5.63. The quantitative estimate of drug-likeness (QED) is 0.698. The molecule has 1 heterocycles. The van der Waals surface area contributed by atoms with E-state index in [0.717, 1.165) is 13.0 Å². The van der Waals surface area contributed by atoms with Gasteiger partial charge in [-0.2, -0.15) is 0 Å². The fourth-order valence-electron chi connectivity index (χ4n) is 2.12. The van der Waals surface area contributed by atoms with Gasteiger partial charge in [-0.3, -0.25) is 0 Å². The minimum Gasteiger partial charge on any atom is -0.310 e. The lowest BCUT2D eigenvalue weighted by atomic mass is 10.0. The zero-order valence-electron chi connectivity index (χ0n) is 11.0. The Morgan fingerprint density at radius 3 is 2.58 bits per heavy atom. The molecule has 19 heavy (non-hydrogen) atoms. The van der Waals surface area contributed by atoms with Gasteiger partial charge in [0.15, 0.2) is 0 Å². The summed E-state index contributed by atoms with van der Waals surface area (Å²) >= 11 is 9.03. The number of thiophene rings is 1. The summed E-state index contributed by atoms with van der Waals surface area (Å²) in [7, 11) is 0. The van der Waals surface area contributed by atoms with Gasteiger partial charge in [0.1, 0.15) is 0 Å². The minimum absolute atomic E-state index is 0.352. The number of aryl methyl sites for hydroxylation is 1. The van der Waals surface area contributed by atoms with Crippen molar-refractivity contribution in [3.8, 4) is 0 Å². The van der Waals surface area contributed by atoms with Gasteiger partial charge in [0, 0.05) is 21.8 Å². The smallest absolute Gasteiger partial charge is 0.0701 e. The van der Waals surface area contributed by atoms with Crippen molar-refractivity contribution in [2.45, 2.75) is 26.3 Å². The highest BCUT2D eigenvalue weighted by Gasteiger charge is 2.15. The first-order chi connectivity index (χ1) is 9.10. The standard InChI is InChI=1S/C15H17Br2NS/c1-3-18-14(9-11-5-7-15(17)19-11)12-6-4-10(2)8-13(12)16/h4-8,14,18H,3,9H2,1-2H3. The second kappa shape index (κ2) is 7.02. The van der Waals surface area contributed by atoms with Crippen LogP contribution in [-0.4, -0.2) is 6.54 Å². The van der Waals surface area contributed by atoms with E-state index in [1.165, 1.54) is 24.3 Å². The highest BCUT2D eigenvalue weighted by molar-refractivity contribution is 9.11. The maximum Gasteiger partial charge on any atom is 0.0701 e. The molecular weight excluding hydrogens is 386 g/mol. The monoisotopic (exact) mass is 401 g/mol. The molecule has 0 aliphatic rings. The summed E-state index contributed by atoms with van der Waals surface area (Å²) in [6.07, 6.45) is 1.02. The Labute approximate surface area is 135 Å². The molecule has 0 aliphatic heterocycles. The Morgan fingerprint density at radius 2 is 2.00 bits per heavy atom. The topological polar surface area (TPSA) is 12.0 Å². The van der Waals surface area contributed by atoms with Crippen LogP contribution < -0.4 is 5.32 Å². The fraction of sp³-hybridized carbons (Fsp3) is 0.333. The van der Waals surface area contributed by atoms with Crippen LogP contribution in [-0.2, 0) is 6.42 Å². The summed E-state index contributed by atoms with van der Waals surface area (Å²) in [4.78, 5) is 1.39. The van der Waals surface area contributed by atoms with Crippen molar-refractivity contribution < 1.29 is 0 Å². The van der Waals surface area contributed by atoms with Crippen LogP contribution in [0.2, 0.25) is 0 Å². The van der Waals surface area contributed by atoms with Crippen molar-refractivity contribution in [3.63, 3.8) is 0 Å². The highest BCUT2D eigenvalue weighted by atomic mass is 79.9. The SMILES string of the molecule is CCNC(Cc1ccc(Br)s1)c1ccc(C)cc1Br. The van der Waals surface area contributed by atoms with Crippen molar-refractivity contribution in [2.75, 3.05) is 6.54 Å². The van der Waals surface area contributed by atoms with Gasteiger partial charge in [-0.15, -0.1) is 11.3 Å². The van der Waals surface area contributed by atoms with Crippen molar-refractivity contribution in [2.24, 2.45) is 0 Å². The van der Waals surface area contributed by atoms with Crippen molar-refractivity contribution in [1.29, 1.82) is 0 Å². The van der Waals surface area contributed by atoms with Crippen molar-refractivity contribution >= 4 is 43.2 Å². The lowest BCUT2D eigenvalue weighted by Gasteiger charge is -2.19. The molecule has 1 atom stereocenters.